The zero-order chi connectivity index (χ0) is 73.2. The van der Waals surface area contributed by atoms with Crippen LogP contribution in [0.5, 0.6) is 0 Å². The van der Waals surface area contributed by atoms with Gasteiger partial charge in [0, 0.05) is 25.7 Å². The second kappa shape index (κ2) is 74.0. The van der Waals surface area contributed by atoms with Crippen molar-refractivity contribution in [3.05, 3.63) is 60.8 Å². The highest BCUT2D eigenvalue weighted by molar-refractivity contribution is 7.47. The molecule has 0 aliphatic rings. The van der Waals surface area contributed by atoms with E-state index in [0.29, 0.717) is 32.1 Å². The maximum atomic E-state index is 13.1. The summed E-state index contributed by atoms with van der Waals surface area (Å²) in [6.07, 6.45) is 73.4. The zero-order valence-corrected chi connectivity index (χ0v) is 65.7. The lowest BCUT2D eigenvalue weighted by molar-refractivity contribution is -0.161. The van der Waals surface area contributed by atoms with Gasteiger partial charge in [-0.3, -0.25) is 37.3 Å². The average Bonchev–Trinajstić information content (AvgIpc) is 0.945. The number of hydrogen-bond acceptors (Lipinski definition) is 15. The van der Waals surface area contributed by atoms with Gasteiger partial charge in [-0.25, -0.2) is 9.13 Å². The van der Waals surface area contributed by atoms with Crippen LogP contribution in [0, 0.1) is 0 Å². The molecular formula is C81H148O17P2. The summed E-state index contributed by atoms with van der Waals surface area (Å²) in [6, 6.07) is 0. The lowest BCUT2D eigenvalue weighted by Crippen LogP contribution is -2.30. The van der Waals surface area contributed by atoms with E-state index in [0.717, 1.165) is 109 Å². The number of carbonyl (C=O) groups excluding carboxylic acids is 4. The van der Waals surface area contributed by atoms with Crippen LogP contribution < -0.4 is 0 Å². The van der Waals surface area contributed by atoms with Gasteiger partial charge < -0.3 is 33.8 Å². The number of phosphoric ester groups is 2. The van der Waals surface area contributed by atoms with Crippen LogP contribution in [0.2, 0.25) is 0 Å². The molecule has 0 amide bonds. The number of carbonyl (C=O) groups is 4. The smallest absolute Gasteiger partial charge is 0.462 e. The minimum absolute atomic E-state index is 0.0899. The molecule has 0 radical (unpaired) electrons. The van der Waals surface area contributed by atoms with Gasteiger partial charge >= 0.3 is 39.5 Å². The monoisotopic (exact) mass is 1460 g/mol. The Balaban J connectivity index is 5.37. The van der Waals surface area contributed by atoms with Gasteiger partial charge in [0.1, 0.15) is 19.3 Å². The van der Waals surface area contributed by atoms with E-state index in [2.05, 4.69) is 76.3 Å². The number of aliphatic hydroxyl groups excluding tert-OH is 1. The second-order valence-corrected chi connectivity index (χ2v) is 30.3. The van der Waals surface area contributed by atoms with E-state index in [1.807, 2.05) is 12.2 Å². The highest BCUT2D eigenvalue weighted by Gasteiger charge is 2.30. The fourth-order valence-electron chi connectivity index (χ4n) is 11.3. The number of phosphoric acid groups is 2. The molecule has 0 heterocycles. The van der Waals surface area contributed by atoms with Crippen molar-refractivity contribution in [2.24, 2.45) is 0 Å². The molecule has 0 aliphatic carbocycles. The van der Waals surface area contributed by atoms with Crippen molar-refractivity contribution in [2.45, 2.75) is 393 Å². The molecule has 0 rings (SSSR count). The molecule has 5 atom stereocenters. The Morgan fingerprint density at radius 1 is 0.280 bits per heavy atom. The van der Waals surface area contributed by atoms with Crippen LogP contribution in [0.3, 0.4) is 0 Å². The first kappa shape index (κ1) is 96.8. The molecule has 0 bridgehead atoms. The van der Waals surface area contributed by atoms with Gasteiger partial charge in [0.2, 0.25) is 0 Å². The fourth-order valence-corrected chi connectivity index (χ4v) is 12.8. The predicted octanol–water partition coefficient (Wildman–Crippen LogP) is 23.5. The number of unbranched alkanes of at least 4 members (excludes halogenated alkanes) is 41. The van der Waals surface area contributed by atoms with Crippen molar-refractivity contribution in [3.63, 3.8) is 0 Å². The Bertz CT molecular complexity index is 2130. The summed E-state index contributed by atoms with van der Waals surface area (Å²) in [5, 5.41) is 10.6. The molecule has 3 N–H and O–H groups in total. The first-order valence-electron chi connectivity index (χ1n) is 40.5. The third-order valence-electron chi connectivity index (χ3n) is 17.5. The average molecular weight is 1460 g/mol. The normalized spacial score (nSPS) is 14.2. The Hall–Kier alpha value is -3.24. The molecular weight excluding hydrogens is 1310 g/mol. The van der Waals surface area contributed by atoms with Crippen LogP contribution in [0.1, 0.15) is 374 Å². The standard InChI is InChI=1S/C81H148O17P2/c1-5-9-13-17-21-25-29-33-36-37-40-42-46-50-54-58-62-66-79(84)92-72-77(98-81(86)68-64-60-56-52-48-44-39-35-31-27-23-19-15-11-7-3)74-96-100(89,90)94-70-75(82)69-93-99(87,88)95-73-76(71-91-78(83)65-61-57-53-49-45-41-32-28-24-20-16-12-8-4)97-80(85)67-63-59-55-51-47-43-38-34-30-26-22-18-14-10-6-2/h21,25,33-34,36,38,40,42,50,54,75-77,82H,5-20,22-24,26-32,35,37,39,41,43-49,51-53,55-74H2,1-4H3,(H,87,88)(H,89,90)/b25-21-,36-33-,38-34-,42-40-,54-50-/t75-,76+,77+/m0/s1. The van der Waals surface area contributed by atoms with Gasteiger partial charge in [-0.1, -0.05) is 320 Å². The molecule has 0 aromatic heterocycles. The van der Waals surface area contributed by atoms with Gasteiger partial charge in [0.25, 0.3) is 0 Å². The molecule has 0 fully saturated rings. The fraction of sp³-hybridized carbons (Fsp3) is 0.827. The van der Waals surface area contributed by atoms with Crippen molar-refractivity contribution in [1.82, 2.24) is 0 Å². The number of aliphatic hydroxyl groups is 1. The molecule has 0 saturated heterocycles. The molecule has 0 aliphatic heterocycles. The van der Waals surface area contributed by atoms with E-state index in [1.54, 1.807) is 0 Å². The largest absolute Gasteiger partial charge is 0.472 e. The third kappa shape index (κ3) is 73.1. The van der Waals surface area contributed by atoms with Crippen molar-refractivity contribution in [1.29, 1.82) is 0 Å². The van der Waals surface area contributed by atoms with Gasteiger partial charge in [-0.2, -0.15) is 0 Å². The van der Waals surface area contributed by atoms with Crippen molar-refractivity contribution in [3.8, 4) is 0 Å². The summed E-state index contributed by atoms with van der Waals surface area (Å²) in [6.45, 7) is 4.85. The first-order valence-corrected chi connectivity index (χ1v) is 43.5. The van der Waals surface area contributed by atoms with Crippen molar-refractivity contribution >= 4 is 39.5 Å². The number of allylic oxidation sites excluding steroid dienone is 10. The Morgan fingerprint density at radius 3 is 0.820 bits per heavy atom. The summed E-state index contributed by atoms with van der Waals surface area (Å²) in [4.78, 5) is 73.0. The highest BCUT2D eigenvalue weighted by atomic mass is 31.2. The predicted molar refractivity (Wildman–Crippen MR) is 409 cm³/mol. The molecule has 0 spiro atoms. The van der Waals surface area contributed by atoms with E-state index in [9.17, 15) is 43.2 Å². The number of hydrogen-bond donors (Lipinski definition) is 3. The van der Waals surface area contributed by atoms with Crippen molar-refractivity contribution < 1.29 is 80.2 Å². The lowest BCUT2D eigenvalue weighted by atomic mass is 10.0. The third-order valence-corrected chi connectivity index (χ3v) is 19.4. The van der Waals surface area contributed by atoms with Crippen LogP contribution in [0.25, 0.3) is 0 Å². The van der Waals surface area contributed by atoms with E-state index in [4.69, 9.17) is 37.0 Å². The molecule has 17 nitrogen and oxygen atoms in total. The second-order valence-electron chi connectivity index (χ2n) is 27.4. The van der Waals surface area contributed by atoms with Crippen LogP contribution in [0.15, 0.2) is 60.8 Å². The quantitative estimate of drug-likeness (QED) is 0.0169. The number of ether oxygens (including phenoxy) is 4. The Labute approximate surface area is 610 Å². The molecule has 0 aromatic carbocycles. The van der Waals surface area contributed by atoms with Crippen LogP contribution >= 0.6 is 15.6 Å². The van der Waals surface area contributed by atoms with E-state index < -0.39 is 97.5 Å². The van der Waals surface area contributed by atoms with Crippen LogP contribution in [-0.4, -0.2) is 96.7 Å². The maximum absolute atomic E-state index is 13.1. The maximum Gasteiger partial charge on any atom is 0.472 e. The SMILES string of the molecule is CCCCC/C=C\C/C=C\C/C=C\C/C=C\CCCC(=O)OC[C@H](COP(=O)(O)OC[C@@H](O)COP(=O)(O)OC[C@@H](COC(=O)CCCCCCCCCCCCCCC)OC(=O)CCCCCCC/C=C\CCCCCCCC)OC(=O)CCCCCCCCCCCCCCCCC. The van der Waals surface area contributed by atoms with Crippen LogP contribution in [0.4, 0.5) is 0 Å². The van der Waals surface area contributed by atoms with Crippen molar-refractivity contribution in [2.75, 3.05) is 39.6 Å². The summed E-state index contributed by atoms with van der Waals surface area (Å²) in [5.41, 5.74) is 0. The molecule has 0 saturated carbocycles. The molecule has 100 heavy (non-hydrogen) atoms. The molecule has 584 valence electrons. The summed E-state index contributed by atoms with van der Waals surface area (Å²) >= 11 is 0. The number of rotatable bonds is 77. The summed E-state index contributed by atoms with van der Waals surface area (Å²) < 4.78 is 68.6. The van der Waals surface area contributed by atoms with Gasteiger partial charge in [0.05, 0.1) is 26.4 Å². The van der Waals surface area contributed by atoms with Gasteiger partial charge in [-0.05, 0) is 89.9 Å². The zero-order valence-electron chi connectivity index (χ0n) is 63.9. The minimum Gasteiger partial charge on any atom is -0.462 e. The van der Waals surface area contributed by atoms with E-state index >= 15 is 0 Å². The Morgan fingerprint density at radius 2 is 0.500 bits per heavy atom. The summed E-state index contributed by atoms with van der Waals surface area (Å²) in [5.74, 6) is -2.21. The lowest BCUT2D eigenvalue weighted by Gasteiger charge is -2.21. The number of esters is 4. The summed E-state index contributed by atoms with van der Waals surface area (Å²) in [7, 11) is -9.95. The van der Waals surface area contributed by atoms with E-state index in [-0.39, 0.29) is 25.7 Å². The molecule has 2 unspecified atom stereocenters. The molecule has 19 heteroatoms. The molecule has 0 aromatic rings. The van der Waals surface area contributed by atoms with Crippen LogP contribution in [-0.2, 0) is 65.4 Å². The van der Waals surface area contributed by atoms with E-state index in [1.165, 1.54) is 180 Å². The Kier molecular flexibility index (Phi) is 71.6. The topological polar surface area (TPSA) is 237 Å². The minimum atomic E-state index is -4.98. The van der Waals surface area contributed by atoms with Gasteiger partial charge in [-0.15, -0.1) is 0 Å². The van der Waals surface area contributed by atoms with Gasteiger partial charge in [0.15, 0.2) is 12.2 Å². The highest BCUT2D eigenvalue weighted by Crippen LogP contribution is 2.45. The first-order chi connectivity index (χ1) is 48.7.